The molecule has 0 radical (unpaired) electrons. The minimum absolute atomic E-state index is 0.136. The van der Waals surface area contributed by atoms with Gasteiger partial charge in [0, 0.05) is 74.7 Å². The largest absolute Gasteiger partial charge is 0.491 e. The first-order valence-electron chi connectivity index (χ1n) is 15.9. The van der Waals surface area contributed by atoms with Crippen LogP contribution in [0.2, 0.25) is 10.0 Å². The van der Waals surface area contributed by atoms with Gasteiger partial charge < -0.3 is 38.2 Å². The molecule has 3 saturated heterocycles. The lowest BCUT2D eigenvalue weighted by Crippen LogP contribution is -2.46. The lowest BCUT2D eigenvalue weighted by molar-refractivity contribution is -0.189. The van der Waals surface area contributed by atoms with Gasteiger partial charge in [-0.3, -0.25) is 0 Å². The van der Waals surface area contributed by atoms with Gasteiger partial charge in [-0.25, -0.2) is 9.98 Å². The average molecular weight is 710 g/mol. The van der Waals surface area contributed by atoms with Gasteiger partial charge in [-0.05, 0) is 60.7 Å². The highest BCUT2D eigenvalue weighted by molar-refractivity contribution is 8.14. The molecule has 3 aliphatic heterocycles. The van der Waals surface area contributed by atoms with E-state index in [-0.39, 0.29) is 11.5 Å². The van der Waals surface area contributed by atoms with Crippen molar-refractivity contribution in [3.63, 3.8) is 0 Å². The Morgan fingerprint density at radius 1 is 0.979 bits per heavy atom. The molecule has 0 amide bonds. The number of aromatic nitrogens is 2. The number of piperazine rings is 1. The third-order valence-corrected chi connectivity index (χ3v) is 10.5. The van der Waals surface area contributed by atoms with E-state index in [0.717, 1.165) is 49.3 Å². The van der Waals surface area contributed by atoms with Gasteiger partial charge in [0.05, 0.1) is 36.7 Å². The van der Waals surface area contributed by atoms with E-state index in [4.69, 9.17) is 47.1 Å². The van der Waals surface area contributed by atoms with Crippen molar-refractivity contribution in [2.24, 2.45) is 4.99 Å². The Morgan fingerprint density at radius 2 is 1.69 bits per heavy atom. The normalized spacial score (nSPS) is 23.8. The number of hydrogen-bond acceptors (Lipinski definition) is 9. The van der Waals surface area contributed by atoms with E-state index >= 15 is 0 Å². The van der Waals surface area contributed by atoms with Crippen LogP contribution in [0.25, 0.3) is 0 Å². The maximum absolute atomic E-state index is 6.60. The molecule has 3 unspecified atom stereocenters. The lowest BCUT2D eigenvalue weighted by Gasteiger charge is -2.37. The second kappa shape index (κ2) is 14.6. The zero-order valence-electron chi connectivity index (χ0n) is 26.9. The monoisotopic (exact) mass is 708 g/mol. The predicted octanol–water partition coefficient (Wildman–Crippen LogP) is 6.50. The molecule has 4 aromatic rings. The molecule has 10 nitrogen and oxygen atoms in total. The smallest absolute Gasteiger partial charge is 0.215 e. The molecule has 3 atom stereocenters. The van der Waals surface area contributed by atoms with Crippen LogP contribution >= 0.6 is 35.0 Å². The molecular weight excluding hydrogens is 671 g/mol. The molecule has 0 saturated carbocycles. The Hall–Kier alpha value is -3.45. The van der Waals surface area contributed by atoms with Crippen LogP contribution in [0, 0.1) is 0 Å². The summed E-state index contributed by atoms with van der Waals surface area (Å²) < 4.78 is 26.4. The van der Waals surface area contributed by atoms with Crippen LogP contribution in [0.1, 0.15) is 5.56 Å². The number of halogens is 2. The molecule has 3 aliphatic rings. The molecule has 1 aromatic heterocycles. The van der Waals surface area contributed by atoms with E-state index in [1.54, 1.807) is 43.5 Å². The number of aliphatic imine (C=N–C) groups is 1. The van der Waals surface area contributed by atoms with E-state index in [9.17, 15) is 0 Å². The molecule has 4 heterocycles. The van der Waals surface area contributed by atoms with E-state index < -0.39 is 5.79 Å². The number of rotatable bonds is 10. The third-order valence-electron chi connectivity index (χ3n) is 8.76. The van der Waals surface area contributed by atoms with Gasteiger partial charge in [0.1, 0.15) is 23.9 Å². The summed E-state index contributed by atoms with van der Waals surface area (Å²) in [6, 6.07) is 22.1. The third kappa shape index (κ3) is 7.41. The standard InChI is InChI=1S/C35H38Cl2N6O4S/c1-40-20-33(44-2)48-34(40)39-26-4-6-27(7-5-26)42-15-17-43(18-16-42)28-8-10-29(11-9-28)45-21-30-22-46-35(47-30,23-41-14-13-38-24-41)31-12-3-25(36)19-32(31)37/h3-14,19,24,30,33H,15-18,20-23H2,1-2H3/b39-34+. The predicted molar refractivity (Wildman–Crippen MR) is 192 cm³/mol. The molecular formula is C35H38Cl2N6O4S. The summed E-state index contributed by atoms with van der Waals surface area (Å²) in [6.45, 7) is 5.68. The van der Waals surface area contributed by atoms with Crippen LogP contribution in [0.4, 0.5) is 17.1 Å². The number of methoxy groups -OCH3 is 1. The van der Waals surface area contributed by atoms with Crippen molar-refractivity contribution >= 4 is 57.2 Å². The minimum Gasteiger partial charge on any atom is -0.491 e. The van der Waals surface area contributed by atoms with Gasteiger partial charge in [-0.1, -0.05) is 41.0 Å². The van der Waals surface area contributed by atoms with E-state index in [0.29, 0.717) is 35.4 Å². The van der Waals surface area contributed by atoms with Crippen molar-refractivity contribution in [3.05, 3.63) is 101 Å². The van der Waals surface area contributed by atoms with Crippen molar-refractivity contribution in [2.75, 3.05) is 69.9 Å². The highest BCUT2D eigenvalue weighted by atomic mass is 35.5. The fourth-order valence-electron chi connectivity index (χ4n) is 6.17. The zero-order valence-corrected chi connectivity index (χ0v) is 29.2. The summed E-state index contributed by atoms with van der Waals surface area (Å²) in [5.41, 5.74) is 4.20. The Morgan fingerprint density at radius 3 is 2.31 bits per heavy atom. The first-order valence-corrected chi connectivity index (χ1v) is 17.6. The highest BCUT2D eigenvalue weighted by Gasteiger charge is 2.45. The van der Waals surface area contributed by atoms with Crippen LogP contribution in [0.5, 0.6) is 5.75 Å². The Balaban J connectivity index is 0.912. The Bertz CT molecular complexity index is 1700. The van der Waals surface area contributed by atoms with E-state index in [2.05, 4.69) is 63.1 Å². The number of anilines is 2. The maximum Gasteiger partial charge on any atom is 0.215 e. The van der Waals surface area contributed by atoms with Gasteiger partial charge in [0.2, 0.25) is 5.79 Å². The summed E-state index contributed by atoms with van der Waals surface area (Å²) in [6.07, 6.45) is 5.02. The Kier molecular flexibility index (Phi) is 10.0. The zero-order chi connectivity index (χ0) is 33.1. The molecule has 3 aromatic carbocycles. The minimum atomic E-state index is -1.08. The van der Waals surface area contributed by atoms with Gasteiger partial charge in [-0.2, -0.15) is 0 Å². The molecule has 252 valence electrons. The lowest BCUT2D eigenvalue weighted by atomic mass is 10.1. The van der Waals surface area contributed by atoms with Crippen molar-refractivity contribution < 1.29 is 18.9 Å². The van der Waals surface area contributed by atoms with Crippen LogP contribution < -0.4 is 14.5 Å². The fraction of sp³-hybridized carbons (Fsp3) is 0.371. The van der Waals surface area contributed by atoms with Crippen LogP contribution in [-0.4, -0.2) is 91.3 Å². The van der Waals surface area contributed by atoms with Gasteiger partial charge in [-0.15, -0.1) is 0 Å². The first-order chi connectivity index (χ1) is 23.4. The van der Waals surface area contributed by atoms with Gasteiger partial charge in [0.25, 0.3) is 0 Å². The van der Waals surface area contributed by atoms with Crippen molar-refractivity contribution in [1.82, 2.24) is 14.5 Å². The highest BCUT2D eigenvalue weighted by Crippen LogP contribution is 2.41. The number of imidazole rings is 1. The van der Waals surface area contributed by atoms with Crippen LogP contribution in [0.3, 0.4) is 0 Å². The SMILES string of the molecule is COC1CN(C)/C(=N\c2ccc(N3CCN(c4ccc(OCC5COC(Cn6ccnc6)(c6ccc(Cl)cc6Cl)O5)cc4)CC3)cc2)S1. The summed E-state index contributed by atoms with van der Waals surface area (Å²) >= 11 is 14.4. The number of hydrogen-bond donors (Lipinski definition) is 0. The van der Waals surface area contributed by atoms with Crippen LogP contribution in [-0.2, 0) is 26.5 Å². The van der Waals surface area contributed by atoms with Crippen LogP contribution in [0.15, 0.2) is 90.4 Å². The fourth-order valence-corrected chi connectivity index (χ4v) is 7.76. The summed E-state index contributed by atoms with van der Waals surface area (Å²) in [5.74, 6) is -0.306. The average Bonchev–Trinajstić information content (AvgIpc) is 3.86. The van der Waals surface area contributed by atoms with Crippen molar-refractivity contribution in [3.8, 4) is 5.75 Å². The van der Waals surface area contributed by atoms with Gasteiger partial charge >= 0.3 is 0 Å². The second-order valence-electron chi connectivity index (χ2n) is 12.0. The molecule has 7 rings (SSSR count). The Labute approximate surface area is 295 Å². The molecule has 0 spiro atoms. The number of amidine groups is 1. The molecule has 3 fully saturated rings. The molecule has 0 bridgehead atoms. The van der Waals surface area contributed by atoms with E-state index in [1.165, 1.54) is 11.4 Å². The topological polar surface area (TPSA) is 76.8 Å². The summed E-state index contributed by atoms with van der Waals surface area (Å²) in [4.78, 5) is 16.0. The first kappa shape index (κ1) is 33.1. The summed E-state index contributed by atoms with van der Waals surface area (Å²) in [5, 5.41) is 2.02. The maximum atomic E-state index is 6.60. The van der Waals surface area contributed by atoms with Crippen molar-refractivity contribution in [2.45, 2.75) is 23.9 Å². The number of benzene rings is 3. The molecule has 48 heavy (non-hydrogen) atoms. The summed E-state index contributed by atoms with van der Waals surface area (Å²) in [7, 11) is 3.79. The quantitative estimate of drug-likeness (QED) is 0.184. The number of likely N-dealkylation sites (N-methyl/N-ethyl adjacent to an activating group) is 1. The van der Waals surface area contributed by atoms with Crippen molar-refractivity contribution in [1.29, 1.82) is 0 Å². The van der Waals surface area contributed by atoms with Gasteiger partial charge in [0.15, 0.2) is 5.17 Å². The number of nitrogens with zero attached hydrogens (tertiary/aromatic N) is 6. The van der Waals surface area contributed by atoms with E-state index in [1.807, 2.05) is 29.0 Å². The number of ether oxygens (including phenoxy) is 4. The molecule has 0 N–H and O–H groups in total. The molecule has 0 aliphatic carbocycles. The number of thioether (sulfide) groups is 1. The molecule has 13 heteroatoms. The second-order valence-corrected chi connectivity index (χ2v) is 14.0.